The van der Waals surface area contributed by atoms with Crippen LogP contribution in [0.4, 0.5) is 0 Å². The quantitative estimate of drug-likeness (QED) is 0.645. The Kier molecular flexibility index (Phi) is 4.23. The number of nitrogens with two attached hydrogens (primary N) is 2. The fraction of sp³-hybridized carbons (Fsp3) is 0.105. The predicted octanol–water partition coefficient (Wildman–Crippen LogP) is 2.10. The second-order valence-corrected chi connectivity index (χ2v) is 5.62. The summed E-state index contributed by atoms with van der Waals surface area (Å²) in [6.45, 7) is 2.38. The molecule has 0 saturated heterocycles. The van der Waals surface area contributed by atoms with Gasteiger partial charge in [-0.2, -0.15) is 10.3 Å². The fourth-order valence-corrected chi connectivity index (χ4v) is 2.80. The Morgan fingerprint density at radius 2 is 2.00 bits per heavy atom. The van der Waals surface area contributed by atoms with Crippen molar-refractivity contribution in [3.8, 4) is 11.8 Å². The van der Waals surface area contributed by atoms with E-state index >= 15 is 0 Å². The van der Waals surface area contributed by atoms with Crippen LogP contribution < -0.4 is 16.2 Å². The molecule has 1 amide bonds. The van der Waals surface area contributed by atoms with Gasteiger partial charge in [0.1, 0.15) is 12.4 Å². The van der Waals surface area contributed by atoms with Crippen LogP contribution in [0.5, 0.6) is 5.75 Å². The Balaban J connectivity index is 2.09. The van der Waals surface area contributed by atoms with E-state index in [9.17, 15) is 4.79 Å². The van der Waals surface area contributed by atoms with Gasteiger partial charge in [0.05, 0.1) is 11.6 Å². The molecule has 0 saturated carbocycles. The molecule has 1 aliphatic heterocycles. The lowest BCUT2D eigenvalue weighted by molar-refractivity contribution is 0.100. The second-order valence-electron chi connectivity index (χ2n) is 5.62. The number of hydrogen-bond donors (Lipinski definition) is 2. The third kappa shape index (κ3) is 3.21. The first-order valence-electron chi connectivity index (χ1n) is 7.62. The van der Waals surface area contributed by atoms with Crippen LogP contribution >= 0.6 is 0 Å². The molecule has 25 heavy (non-hydrogen) atoms. The van der Waals surface area contributed by atoms with Gasteiger partial charge in [-0.15, -0.1) is 0 Å². The molecule has 1 aliphatic rings. The Bertz CT molecular complexity index is 964. The van der Waals surface area contributed by atoms with E-state index in [1.807, 2.05) is 25.1 Å². The number of benzene rings is 2. The van der Waals surface area contributed by atoms with E-state index in [4.69, 9.17) is 21.5 Å². The summed E-state index contributed by atoms with van der Waals surface area (Å²) in [4.78, 5) is 15.7. The zero-order chi connectivity index (χ0) is 18.0. The van der Waals surface area contributed by atoms with Crippen molar-refractivity contribution >= 4 is 17.4 Å². The molecule has 2 aromatic rings. The maximum absolute atomic E-state index is 12.1. The summed E-state index contributed by atoms with van der Waals surface area (Å²) in [5.41, 5.74) is 15.2. The average molecular weight is 332 g/mol. The van der Waals surface area contributed by atoms with Crippen molar-refractivity contribution in [2.75, 3.05) is 6.61 Å². The number of carbonyl (C=O) groups is 1. The molecule has 6 heteroatoms. The number of rotatable bonds is 2. The maximum atomic E-state index is 12.1. The van der Waals surface area contributed by atoms with Gasteiger partial charge in [0, 0.05) is 11.1 Å². The standard InChI is InChI=1S/C19H16N4O2/c1-11-8-12(10-20)2-4-14(11)15-6-7-25-17-5-3-13(9-16(15)17)18(24)23-19(21)22/h2-6,8-9H,7H2,1H3,(H4,21,22,23,24). The molecule has 2 aromatic carbocycles. The molecular weight excluding hydrogens is 316 g/mol. The van der Waals surface area contributed by atoms with Crippen molar-refractivity contribution in [3.05, 3.63) is 70.3 Å². The molecule has 4 N–H and O–H groups in total. The minimum atomic E-state index is -0.510. The topological polar surface area (TPSA) is 114 Å². The first kappa shape index (κ1) is 16.3. The van der Waals surface area contributed by atoms with E-state index in [0.717, 1.165) is 22.3 Å². The summed E-state index contributed by atoms with van der Waals surface area (Å²) in [7, 11) is 0. The molecular formula is C19H16N4O2. The number of nitriles is 1. The Morgan fingerprint density at radius 1 is 1.20 bits per heavy atom. The van der Waals surface area contributed by atoms with Gasteiger partial charge in [-0.25, -0.2) is 0 Å². The summed E-state index contributed by atoms with van der Waals surface area (Å²) >= 11 is 0. The molecule has 6 nitrogen and oxygen atoms in total. The van der Waals surface area contributed by atoms with Crippen LogP contribution in [-0.2, 0) is 0 Å². The smallest absolute Gasteiger partial charge is 0.280 e. The molecule has 0 aliphatic carbocycles. The third-order valence-corrected chi connectivity index (χ3v) is 3.92. The summed E-state index contributed by atoms with van der Waals surface area (Å²) in [6, 6.07) is 12.7. The summed E-state index contributed by atoms with van der Waals surface area (Å²) < 4.78 is 5.65. The van der Waals surface area contributed by atoms with Crippen molar-refractivity contribution in [2.45, 2.75) is 6.92 Å². The first-order valence-corrected chi connectivity index (χ1v) is 7.62. The molecule has 0 spiro atoms. The zero-order valence-corrected chi connectivity index (χ0v) is 13.6. The number of nitrogens with zero attached hydrogens (tertiary/aromatic N) is 2. The first-order chi connectivity index (χ1) is 12.0. The van der Waals surface area contributed by atoms with E-state index < -0.39 is 5.91 Å². The van der Waals surface area contributed by atoms with Gasteiger partial charge in [-0.3, -0.25) is 4.79 Å². The monoisotopic (exact) mass is 332 g/mol. The van der Waals surface area contributed by atoms with Crippen molar-refractivity contribution in [1.29, 1.82) is 5.26 Å². The van der Waals surface area contributed by atoms with Gasteiger partial charge in [-0.1, -0.05) is 6.07 Å². The number of aryl methyl sites for hydroxylation is 1. The molecule has 0 bridgehead atoms. The molecule has 1 heterocycles. The lowest BCUT2D eigenvalue weighted by Gasteiger charge is -2.21. The molecule has 0 fully saturated rings. The van der Waals surface area contributed by atoms with Gasteiger partial charge >= 0.3 is 0 Å². The van der Waals surface area contributed by atoms with E-state index in [1.165, 1.54) is 0 Å². The number of guanidine groups is 1. The van der Waals surface area contributed by atoms with Gasteiger partial charge in [0.2, 0.25) is 0 Å². The van der Waals surface area contributed by atoms with Crippen molar-refractivity contribution < 1.29 is 9.53 Å². The van der Waals surface area contributed by atoms with Crippen molar-refractivity contribution in [3.63, 3.8) is 0 Å². The van der Waals surface area contributed by atoms with E-state index in [1.54, 1.807) is 24.3 Å². The predicted molar refractivity (Wildman–Crippen MR) is 95.1 cm³/mol. The van der Waals surface area contributed by atoms with Crippen LogP contribution in [0, 0.1) is 18.3 Å². The van der Waals surface area contributed by atoms with E-state index in [2.05, 4.69) is 11.1 Å². The third-order valence-electron chi connectivity index (χ3n) is 3.92. The summed E-state index contributed by atoms with van der Waals surface area (Å²) in [5, 5.41) is 9.04. The molecule has 0 atom stereocenters. The van der Waals surface area contributed by atoms with Gasteiger partial charge in [0.25, 0.3) is 5.91 Å². The summed E-state index contributed by atoms with van der Waals surface area (Å²) in [6.07, 6.45) is 1.95. The number of aliphatic imine (C=N–C) groups is 1. The van der Waals surface area contributed by atoms with Crippen LogP contribution in [0.3, 0.4) is 0 Å². The zero-order valence-electron chi connectivity index (χ0n) is 13.6. The number of fused-ring (bicyclic) bond motifs is 1. The highest BCUT2D eigenvalue weighted by molar-refractivity contribution is 6.03. The highest BCUT2D eigenvalue weighted by atomic mass is 16.5. The Hall–Kier alpha value is -3.59. The summed E-state index contributed by atoms with van der Waals surface area (Å²) in [5.74, 6) is -0.107. The highest BCUT2D eigenvalue weighted by Gasteiger charge is 2.19. The molecule has 124 valence electrons. The fourth-order valence-electron chi connectivity index (χ4n) is 2.80. The largest absolute Gasteiger partial charge is 0.489 e. The van der Waals surface area contributed by atoms with Gasteiger partial charge < -0.3 is 16.2 Å². The molecule has 3 rings (SSSR count). The van der Waals surface area contributed by atoms with E-state index in [0.29, 0.717) is 23.5 Å². The molecule has 0 unspecified atom stereocenters. The number of amides is 1. The van der Waals surface area contributed by atoms with Crippen molar-refractivity contribution in [1.82, 2.24) is 0 Å². The second kappa shape index (κ2) is 6.49. The van der Waals surface area contributed by atoms with Gasteiger partial charge in [0.15, 0.2) is 5.96 Å². The number of hydrogen-bond acceptors (Lipinski definition) is 3. The highest BCUT2D eigenvalue weighted by Crippen LogP contribution is 2.36. The number of carbonyl (C=O) groups excluding carboxylic acids is 1. The maximum Gasteiger partial charge on any atom is 0.280 e. The van der Waals surface area contributed by atoms with Crippen LogP contribution in [-0.4, -0.2) is 18.5 Å². The Morgan fingerprint density at radius 3 is 2.68 bits per heavy atom. The normalized spacial score (nSPS) is 12.2. The van der Waals surface area contributed by atoms with Crippen LogP contribution in [0.2, 0.25) is 0 Å². The Labute approximate surface area is 145 Å². The minimum absolute atomic E-state index is 0.280. The van der Waals surface area contributed by atoms with E-state index in [-0.39, 0.29) is 5.96 Å². The lowest BCUT2D eigenvalue weighted by Crippen LogP contribution is -2.24. The molecule has 0 aromatic heterocycles. The van der Waals surface area contributed by atoms with Crippen LogP contribution in [0.1, 0.15) is 32.6 Å². The minimum Gasteiger partial charge on any atom is -0.489 e. The number of ether oxygens (including phenoxy) is 1. The van der Waals surface area contributed by atoms with Gasteiger partial charge in [-0.05, 0) is 60.0 Å². The average Bonchev–Trinajstić information content (AvgIpc) is 2.60. The van der Waals surface area contributed by atoms with Crippen LogP contribution in [0.25, 0.3) is 5.57 Å². The van der Waals surface area contributed by atoms with Crippen molar-refractivity contribution in [2.24, 2.45) is 16.5 Å². The SMILES string of the molecule is Cc1cc(C#N)ccc1C1=CCOc2ccc(C(=O)N=C(N)N)cc21. The molecule has 0 radical (unpaired) electrons. The van der Waals surface area contributed by atoms with Crippen LogP contribution in [0.15, 0.2) is 47.5 Å². The lowest BCUT2D eigenvalue weighted by atomic mass is 9.90.